The molecule has 6 nitrogen and oxygen atoms in total. The van der Waals surface area contributed by atoms with Crippen LogP contribution in [0, 0.1) is 5.82 Å². The van der Waals surface area contributed by atoms with Crippen LogP contribution in [0.25, 0.3) is 10.2 Å². The summed E-state index contributed by atoms with van der Waals surface area (Å²) in [7, 11) is -3.78. The predicted molar refractivity (Wildman–Crippen MR) is 94.5 cm³/mol. The van der Waals surface area contributed by atoms with Gasteiger partial charge in [0.2, 0.25) is 15.9 Å². The second-order valence-electron chi connectivity index (χ2n) is 5.14. The van der Waals surface area contributed by atoms with Gasteiger partial charge in [0.05, 0.1) is 15.1 Å². The van der Waals surface area contributed by atoms with Crippen LogP contribution >= 0.6 is 11.3 Å². The van der Waals surface area contributed by atoms with Crippen molar-refractivity contribution in [1.29, 1.82) is 0 Å². The van der Waals surface area contributed by atoms with Crippen LogP contribution in [0.2, 0.25) is 0 Å². The molecule has 25 heavy (non-hydrogen) atoms. The average Bonchev–Trinajstić information content (AvgIpc) is 2.97. The summed E-state index contributed by atoms with van der Waals surface area (Å²) in [4.78, 5) is 16.2. The Morgan fingerprint density at radius 1 is 1.12 bits per heavy atom. The largest absolute Gasteiger partial charge is 0.302 e. The summed E-state index contributed by atoms with van der Waals surface area (Å²) < 4.78 is 40.2. The molecule has 0 fully saturated rings. The second-order valence-corrected chi connectivity index (χ2v) is 7.93. The first-order valence-electron chi connectivity index (χ1n) is 7.35. The van der Waals surface area contributed by atoms with Gasteiger partial charge in [-0.3, -0.25) is 4.79 Å². The number of anilines is 1. The van der Waals surface area contributed by atoms with Crippen molar-refractivity contribution in [1.82, 2.24) is 9.71 Å². The molecule has 0 saturated heterocycles. The van der Waals surface area contributed by atoms with Gasteiger partial charge in [-0.05, 0) is 36.4 Å². The molecule has 0 bridgehead atoms. The van der Waals surface area contributed by atoms with Gasteiger partial charge in [0.25, 0.3) is 0 Å². The Morgan fingerprint density at radius 2 is 1.84 bits per heavy atom. The number of nitrogens with one attached hydrogen (secondary N) is 2. The van der Waals surface area contributed by atoms with Gasteiger partial charge in [-0.1, -0.05) is 23.5 Å². The van der Waals surface area contributed by atoms with Gasteiger partial charge in [0.15, 0.2) is 5.13 Å². The molecule has 1 amide bonds. The van der Waals surface area contributed by atoms with E-state index in [1.807, 2.05) is 24.3 Å². The summed E-state index contributed by atoms with van der Waals surface area (Å²) in [6.45, 7) is -0.0730. The molecule has 1 heterocycles. The fraction of sp³-hybridized carbons (Fsp3) is 0.125. The number of carbonyl (C=O) groups is 1. The number of amides is 1. The summed E-state index contributed by atoms with van der Waals surface area (Å²) in [6.07, 6.45) is -0.0453. The number of fused-ring (bicyclic) bond motifs is 1. The third kappa shape index (κ3) is 4.38. The maximum Gasteiger partial charge on any atom is 0.240 e. The van der Waals surface area contributed by atoms with Crippen LogP contribution in [0.3, 0.4) is 0 Å². The summed E-state index contributed by atoms with van der Waals surface area (Å²) in [6, 6.07) is 12.0. The van der Waals surface area contributed by atoms with Crippen LogP contribution in [0.4, 0.5) is 9.52 Å². The van der Waals surface area contributed by atoms with E-state index in [2.05, 4.69) is 15.0 Å². The highest BCUT2D eigenvalue weighted by molar-refractivity contribution is 7.89. The van der Waals surface area contributed by atoms with E-state index in [1.54, 1.807) is 0 Å². The van der Waals surface area contributed by atoms with Gasteiger partial charge in [0.1, 0.15) is 5.82 Å². The minimum Gasteiger partial charge on any atom is -0.302 e. The quantitative estimate of drug-likeness (QED) is 0.689. The summed E-state index contributed by atoms with van der Waals surface area (Å²) in [5, 5.41) is 3.11. The van der Waals surface area contributed by atoms with Crippen LogP contribution in [0.15, 0.2) is 53.4 Å². The van der Waals surface area contributed by atoms with Crippen molar-refractivity contribution < 1.29 is 17.6 Å². The molecule has 0 saturated carbocycles. The topological polar surface area (TPSA) is 88.2 Å². The fourth-order valence-electron chi connectivity index (χ4n) is 2.10. The molecule has 0 atom stereocenters. The van der Waals surface area contributed by atoms with E-state index < -0.39 is 15.8 Å². The van der Waals surface area contributed by atoms with Crippen molar-refractivity contribution >= 4 is 42.6 Å². The highest BCUT2D eigenvalue weighted by atomic mass is 32.2. The van der Waals surface area contributed by atoms with E-state index in [-0.39, 0.29) is 23.8 Å². The zero-order valence-corrected chi connectivity index (χ0v) is 14.5. The first kappa shape index (κ1) is 17.5. The molecule has 3 rings (SSSR count). The summed E-state index contributed by atoms with van der Waals surface area (Å²) in [5.74, 6) is -0.866. The Labute approximate surface area is 147 Å². The number of carbonyl (C=O) groups excluding carboxylic acids is 1. The van der Waals surface area contributed by atoms with Crippen LogP contribution < -0.4 is 10.0 Å². The molecule has 0 radical (unpaired) electrons. The molecule has 2 N–H and O–H groups in total. The summed E-state index contributed by atoms with van der Waals surface area (Å²) in [5.41, 5.74) is 0.791. The number of aromatic nitrogens is 1. The lowest BCUT2D eigenvalue weighted by molar-refractivity contribution is -0.116. The van der Waals surface area contributed by atoms with Gasteiger partial charge < -0.3 is 5.32 Å². The number of benzene rings is 2. The molecule has 0 spiro atoms. The Bertz CT molecular complexity index is 968. The number of nitrogens with zero attached hydrogens (tertiary/aromatic N) is 1. The molecule has 1 aromatic heterocycles. The Hall–Kier alpha value is -2.36. The van der Waals surface area contributed by atoms with Crippen LogP contribution in [0.5, 0.6) is 0 Å². The minimum absolute atomic E-state index is 0.0453. The van der Waals surface area contributed by atoms with E-state index in [0.29, 0.717) is 5.13 Å². The SMILES string of the molecule is O=C(CCNS(=O)(=O)c1ccc(F)cc1)Nc1nc2ccccc2s1. The number of thiazole rings is 1. The molecule has 130 valence electrons. The first-order chi connectivity index (χ1) is 11.9. The second kappa shape index (κ2) is 7.26. The molecule has 0 aliphatic carbocycles. The van der Waals surface area contributed by atoms with Crippen molar-refractivity contribution in [3.63, 3.8) is 0 Å². The lowest BCUT2D eigenvalue weighted by atomic mass is 10.3. The zero-order chi connectivity index (χ0) is 17.9. The number of hydrogen-bond donors (Lipinski definition) is 2. The third-order valence-electron chi connectivity index (χ3n) is 3.31. The van der Waals surface area contributed by atoms with Crippen molar-refractivity contribution in [3.8, 4) is 0 Å². The van der Waals surface area contributed by atoms with Crippen LogP contribution in [-0.4, -0.2) is 25.9 Å². The van der Waals surface area contributed by atoms with Crippen molar-refractivity contribution in [2.75, 3.05) is 11.9 Å². The third-order valence-corrected chi connectivity index (χ3v) is 5.74. The number of halogens is 1. The van der Waals surface area contributed by atoms with E-state index in [4.69, 9.17) is 0 Å². The molecule has 0 unspecified atom stereocenters. The lowest BCUT2D eigenvalue weighted by Crippen LogP contribution is -2.27. The number of sulfonamides is 1. The molecule has 2 aromatic carbocycles. The smallest absolute Gasteiger partial charge is 0.240 e. The molecule has 0 aliphatic heterocycles. The van der Waals surface area contributed by atoms with Gasteiger partial charge >= 0.3 is 0 Å². The normalized spacial score (nSPS) is 11.6. The van der Waals surface area contributed by atoms with Crippen LogP contribution in [0.1, 0.15) is 6.42 Å². The molecule has 9 heteroatoms. The van der Waals surface area contributed by atoms with Gasteiger partial charge in [-0.25, -0.2) is 22.5 Å². The number of para-hydroxylation sites is 1. The lowest BCUT2D eigenvalue weighted by Gasteiger charge is -2.06. The molecular weight excluding hydrogens is 365 g/mol. The van der Waals surface area contributed by atoms with E-state index in [0.717, 1.165) is 22.3 Å². The highest BCUT2D eigenvalue weighted by Gasteiger charge is 2.14. The van der Waals surface area contributed by atoms with Gasteiger partial charge in [-0.2, -0.15) is 0 Å². The monoisotopic (exact) mass is 379 g/mol. The minimum atomic E-state index is -3.78. The molecular formula is C16H14FN3O3S2. The van der Waals surface area contributed by atoms with E-state index in [9.17, 15) is 17.6 Å². The maximum atomic E-state index is 12.8. The first-order valence-corrected chi connectivity index (χ1v) is 9.65. The summed E-state index contributed by atoms with van der Waals surface area (Å²) >= 11 is 1.35. The number of rotatable bonds is 6. The van der Waals surface area contributed by atoms with Gasteiger partial charge in [0, 0.05) is 13.0 Å². The fourth-order valence-corrected chi connectivity index (χ4v) is 4.02. The molecule has 3 aromatic rings. The van der Waals surface area contributed by atoms with E-state index in [1.165, 1.54) is 23.5 Å². The maximum absolute atomic E-state index is 12.8. The zero-order valence-electron chi connectivity index (χ0n) is 12.9. The highest BCUT2D eigenvalue weighted by Crippen LogP contribution is 2.25. The Morgan fingerprint density at radius 3 is 2.56 bits per heavy atom. The van der Waals surface area contributed by atoms with Gasteiger partial charge in [-0.15, -0.1) is 0 Å². The van der Waals surface area contributed by atoms with Crippen molar-refractivity contribution in [2.24, 2.45) is 0 Å². The Balaban J connectivity index is 1.54. The van der Waals surface area contributed by atoms with Crippen LogP contribution in [-0.2, 0) is 14.8 Å². The molecule has 0 aliphatic rings. The van der Waals surface area contributed by atoms with Crippen molar-refractivity contribution in [3.05, 3.63) is 54.3 Å². The van der Waals surface area contributed by atoms with Crippen molar-refractivity contribution in [2.45, 2.75) is 11.3 Å². The predicted octanol–water partition coefficient (Wildman–Crippen LogP) is 2.74. The standard InChI is InChI=1S/C16H14FN3O3S2/c17-11-5-7-12(8-6-11)25(22,23)18-10-9-15(21)20-16-19-13-3-1-2-4-14(13)24-16/h1-8,18H,9-10H2,(H,19,20,21). The average molecular weight is 379 g/mol. The number of hydrogen-bond acceptors (Lipinski definition) is 5. The Kier molecular flexibility index (Phi) is 5.07. The van der Waals surface area contributed by atoms with E-state index >= 15 is 0 Å².